The van der Waals surface area contributed by atoms with Gasteiger partial charge in [0, 0.05) is 6.20 Å². The number of ether oxygens (including phenoxy) is 1. The highest BCUT2D eigenvalue weighted by Gasteiger charge is 2.08. The number of benzene rings is 1. The summed E-state index contributed by atoms with van der Waals surface area (Å²) in [6.45, 7) is 0. The summed E-state index contributed by atoms with van der Waals surface area (Å²) in [5.41, 5.74) is 1.55. The summed E-state index contributed by atoms with van der Waals surface area (Å²) in [5.74, 6) is -0.482. The molecule has 0 bridgehead atoms. The number of carboxylic acid groups (broad SMARTS) is 1. The number of aromatic nitrogens is 1. The summed E-state index contributed by atoms with van der Waals surface area (Å²) in [7, 11) is 1.54. The molecule has 4 nitrogen and oxygen atoms in total. The van der Waals surface area contributed by atoms with Crippen molar-refractivity contribution in [2.45, 2.75) is 0 Å². The van der Waals surface area contributed by atoms with Crippen LogP contribution >= 0.6 is 11.6 Å². The van der Waals surface area contributed by atoms with Crippen molar-refractivity contribution in [3.63, 3.8) is 0 Å². The highest BCUT2D eigenvalue weighted by atomic mass is 35.5. The number of nitrogens with zero attached hydrogens (tertiary/aromatic N) is 1. The van der Waals surface area contributed by atoms with Gasteiger partial charge in [0.1, 0.15) is 11.4 Å². The minimum Gasteiger partial charge on any atom is -0.495 e. The van der Waals surface area contributed by atoms with Crippen LogP contribution in [-0.2, 0) is 0 Å². The highest BCUT2D eigenvalue weighted by Crippen LogP contribution is 2.30. The van der Waals surface area contributed by atoms with E-state index in [0.717, 1.165) is 11.1 Å². The largest absolute Gasteiger partial charge is 0.495 e. The maximum atomic E-state index is 10.8. The third-order valence-electron chi connectivity index (χ3n) is 2.46. The smallest absolute Gasteiger partial charge is 0.354 e. The zero-order valence-electron chi connectivity index (χ0n) is 9.55. The summed E-state index contributed by atoms with van der Waals surface area (Å²) in [4.78, 5) is 14.6. The Morgan fingerprint density at radius 1 is 1.28 bits per heavy atom. The van der Waals surface area contributed by atoms with E-state index in [-0.39, 0.29) is 5.69 Å². The number of hydrogen-bond acceptors (Lipinski definition) is 3. The first kappa shape index (κ1) is 12.4. The van der Waals surface area contributed by atoms with E-state index < -0.39 is 5.97 Å². The molecule has 2 aromatic rings. The van der Waals surface area contributed by atoms with Crippen molar-refractivity contribution in [3.8, 4) is 16.9 Å². The van der Waals surface area contributed by atoms with Crippen molar-refractivity contribution < 1.29 is 14.6 Å². The van der Waals surface area contributed by atoms with Gasteiger partial charge in [0.2, 0.25) is 0 Å². The number of hydrogen-bond donors (Lipinski definition) is 1. The number of methoxy groups -OCH3 is 1. The number of rotatable bonds is 3. The maximum Gasteiger partial charge on any atom is 0.354 e. The third kappa shape index (κ3) is 2.43. The van der Waals surface area contributed by atoms with Gasteiger partial charge in [0.25, 0.3) is 0 Å². The van der Waals surface area contributed by atoms with Crippen molar-refractivity contribution in [1.29, 1.82) is 0 Å². The summed E-state index contributed by atoms with van der Waals surface area (Å²) in [6, 6.07) is 8.50. The fraction of sp³-hybridized carbons (Fsp3) is 0.0769. The van der Waals surface area contributed by atoms with Gasteiger partial charge in [0.15, 0.2) is 0 Å². The molecule has 0 amide bonds. The van der Waals surface area contributed by atoms with Gasteiger partial charge in [-0.2, -0.15) is 0 Å². The van der Waals surface area contributed by atoms with Crippen LogP contribution in [0.1, 0.15) is 10.5 Å². The molecule has 1 N–H and O–H groups in total. The first-order valence-electron chi connectivity index (χ1n) is 5.15. The Labute approximate surface area is 109 Å². The fourth-order valence-electron chi connectivity index (χ4n) is 1.57. The van der Waals surface area contributed by atoms with Crippen molar-refractivity contribution in [1.82, 2.24) is 4.98 Å². The van der Waals surface area contributed by atoms with E-state index in [1.807, 2.05) is 6.07 Å². The highest BCUT2D eigenvalue weighted by molar-refractivity contribution is 6.32. The van der Waals surface area contributed by atoms with Gasteiger partial charge in [-0.1, -0.05) is 17.7 Å². The molecule has 0 spiro atoms. The summed E-state index contributed by atoms with van der Waals surface area (Å²) in [5, 5.41) is 9.36. The molecule has 1 aromatic carbocycles. The molecule has 5 heteroatoms. The topological polar surface area (TPSA) is 59.4 Å². The molecule has 0 radical (unpaired) electrons. The van der Waals surface area contributed by atoms with Crippen LogP contribution in [0.3, 0.4) is 0 Å². The molecule has 0 atom stereocenters. The number of aromatic carboxylic acids is 1. The van der Waals surface area contributed by atoms with Crippen LogP contribution in [0, 0.1) is 0 Å². The summed E-state index contributed by atoms with van der Waals surface area (Å²) < 4.78 is 5.06. The zero-order valence-corrected chi connectivity index (χ0v) is 10.3. The van der Waals surface area contributed by atoms with Crippen LogP contribution in [0.25, 0.3) is 11.1 Å². The van der Waals surface area contributed by atoms with E-state index in [1.165, 1.54) is 19.4 Å². The van der Waals surface area contributed by atoms with E-state index in [9.17, 15) is 4.79 Å². The van der Waals surface area contributed by atoms with Crippen LogP contribution in [0.2, 0.25) is 5.02 Å². The molecule has 1 heterocycles. The van der Waals surface area contributed by atoms with Gasteiger partial charge in [-0.15, -0.1) is 0 Å². The Balaban J connectivity index is 2.45. The van der Waals surface area contributed by atoms with Gasteiger partial charge < -0.3 is 9.84 Å². The van der Waals surface area contributed by atoms with Crippen LogP contribution in [-0.4, -0.2) is 23.2 Å². The number of carbonyl (C=O) groups is 1. The lowest BCUT2D eigenvalue weighted by Gasteiger charge is -2.06. The standard InChI is InChI=1S/C13H10ClNO3/c1-18-12-3-2-8(6-10(12)14)9-4-5-15-11(7-9)13(16)17/h2-7H,1H3,(H,16,17). The van der Waals surface area contributed by atoms with E-state index in [2.05, 4.69) is 4.98 Å². The van der Waals surface area contributed by atoms with Gasteiger partial charge in [-0.05, 0) is 35.4 Å². The van der Waals surface area contributed by atoms with Crippen LogP contribution in [0.5, 0.6) is 5.75 Å². The van der Waals surface area contributed by atoms with Crippen molar-refractivity contribution in [3.05, 3.63) is 47.2 Å². The predicted octanol–water partition coefficient (Wildman–Crippen LogP) is 3.11. The zero-order chi connectivity index (χ0) is 13.1. The molecule has 1 aromatic heterocycles. The molecule has 0 saturated carbocycles. The quantitative estimate of drug-likeness (QED) is 0.924. The molecule has 0 aliphatic carbocycles. The SMILES string of the molecule is COc1ccc(-c2ccnc(C(=O)O)c2)cc1Cl. The minimum absolute atomic E-state index is 0.000518. The summed E-state index contributed by atoms with van der Waals surface area (Å²) in [6.07, 6.45) is 1.46. The normalized spacial score (nSPS) is 10.1. The van der Waals surface area contributed by atoms with Crippen LogP contribution < -0.4 is 4.74 Å². The third-order valence-corrected chi connectivity index (χ3v) is 2.76. The number of carboxylic acids is 1. The second-order valence-corrected chi connectivity index (χ2v) is 3.99. The molecule has 0 unspecified atom stereocenters. The van der Waals surface area contributed by atoms with Gasteiger partial charge in [0.05, 0.1) is 12.1 Å². The fourth-order valence-corrected chi connectivity index (χ4v) is 1.83. The second-order valence-electron chi connectivity index (χ2n) is 3.58. The molecular weight excluding hydrogens is 254 g/mol. The van der Waals surface area contributed by atoms with Crippen molar-refractivity contribution in [2.24, 2.45) is 0 Å². The molecule has 0 aliphatic heterocycles. The Kier molecular flexibility index (Phi) is 3.48. The van der Waals surface area contributed by atoms with Gasteiger partial charge in [-0.3, -0.25) is 0 Å². The van der Waals surface area contributed by atoms with Crippen LogP contribution in [0.15, 0.2) is 36.5 Å². The number of halogens is 1. The first-order chi connectivity index (χ1) is 8.61. The Hall–Kier alpha value is -2.07. The Morgan fingerprint density at radius 3 is 2.61 bits per heavy atom. The maximum absolute atomic E-state index is 10.8. The average molecular weight is 264 g/mol. The van der Waals surface area contributed by atoms with Crippen molar-refractivity contribution in [2.75, 3.05) is 7.11 Å². The van der Waals surface area contributed by atoms with Crippen LogP contribution in [0.4, 0.5) is 0 Å². The second kappa shape index (κ2) is 5.06. The van der Waals surface area contributed by atoms with E-state index in [4.69, 9.17) is 21.4 Å². The van der Waals surface area contributed by atoms with E-state index in [0.29, 0.717) is 10.8 Å². The Bertz CT molecular complexity index is 599. The average Bonchev–Trinajstić information content (AvgIpc) is 2.38. The lowest BCUT2D eigenvalue weighted by molar-refractivity contribution is 0.0690. The molecule has 0 fully saturated rings. The number of pyridine rings is 1. The lowest BCUT2D eigenvalue weighted by Crippen LogP contribution is -1.99. The molecule has 0 saturated heterocycles. The van der Waals surface area contributed by atoms with Gasteiger partial charge >= 0.3 is 5.97 Å². The van der Waals surface area contributed by atoms with Crippen molar-refractivity contribution >= 4 is 17.6 Å². The van der Waals surface area contributed by atoms with E-state index >= 15 is 0 Å². The minimum atomic E-state index is -1.06. The molecule has 2 rings (SSSR count). The van der Waals surface area contributed by atoms with Gasteiger partial charge in [-0.25, -0.2) is 9.78 Å². The predicted molar refractivity (Wildman–Crippen MR) is 68.2 cm³/mol. The lowest BCUT2D eigenvalue weighted by atomic mass is 10.1. The Morgan fingerprint density at radius 2 is 2.00 bits per heavy atom. The monoisotopic (exact) mass is 263 g/mol. The van der Waals surface area contributed by atoms with E-state index in [1.54, 1.807) is 18.2 Å². The molecular formula is C13H10ClNO3. The summed E-state index contributed by atoms with van der Waals surface area (Å²) >= 11 is 6.02. The molecule has 18 heavy (non-hydrogen) atoms. The first-order valence-corrected chi connectivity index (χ1v) is 5.53. The molecule has 92 valence electrons. The molecule has 0 aliphatic rings.